The molecule has 2 aromatic carbocycles. The molecule has 0 saturated heterocycles. The maximum Gasteiger partial charge on any atom is 0.344 e. The van der Waals surface area contributed by atoms with Crippen molar-refractivity contribution in [3.8, 4) is 5.75 Å². The van der Waals surface area contributed by atoms with Gasteiger partial charge in [-0.1, -0.05) is 48.5 Å². The summed E-state index contributed by atoms with van der Waals surface area (Å²) < 4.78 is 10.3. The van der Waals surface area contributed by atoms with E-state index in [1.807, 2.05) is 49.4 Å². The predicted octanol–water partition coefficient (Wildman–Crippen LogP) is 2.23. The van der Waals surface area contributed by atoms with Crippen molar-refractivity contribution in [3.63, 3.8) is 0 Å². The van der Waals surface area contributed by atoms with Gasteiger partial charge in [-0.3, -0.25) is 9.59 Å². The molecule has 0 unspecified atom stereocenters. The highest BCUT2D eigenvalue weighted by atomic mass is 16.6. The van der Waals surface area contributed by atoms with Crippen LogP contribution in [0, 0.1) is 6.92 Å². The van der Waals surface area contributed by atoms with E-state index in [-0.39, 0.29) is 12.4 Å². The third-order valence-corrected chi connectivity index (χ3v) is 3.91. The first-order valence-corrected chi connectivity index (χ1v) is 8.63. The van der Waals surface area contributed by atoms with Gasteiger partial charge in [0.1, 0.15) is 5.75 Å². The number of hydrogen-bond donors (Lipinski definition) is 1. The molecule has 1 amide bonds. The average Bonchev–Trinajstić information content (AvgIpc) is 2.66. The molecule has 1 N–H and O–H groups in total. The van der Waals surface area contributed by atoms with E-state index in [9.17, 15) is 14.4 Å². The van der Waals surface area contributed by atoms with Crippen molar-refractivity contribution < 1.29 is 23.9 Å². The Bertz CT molecular complexity index is 788. The van der Waals surface area contributed by atoms with Crippen molar-refractivity contribution in [2.45, 2.75) is 26.3 Å². The normalized spacial score (nSPS) is 11.3. The smallest absolute Gasteiger partial charge is 0.344 e. The predicted molar refractivity (Wildman–Crippen MR) is 100 cm³/mol. The number of rotatable bonds is 9. The molecule has 0 aliphatic carbocycles. The maximum absolute atomic E-state index is 12.0. The van der Waals surface area contributed by atoms with E-state index < -0.39 is 24.5 Å². The minimum Gasteiger partial charge on any atom is -0.482 e. The zero-order valence-electron chi connectivity index (χ0n) is 15.4. The molecule has 0 aliphatic heterocycles. The van der Waals surface area contributed by atoms with E-state index in [4.69, 9.17) is 9.47 Å². The van der Waals surface area contributed by atoms with Gasteiger partial charge in [0.15, 0.2) is 19.0 Å². The van der Waals surface area contributed by atoms with Gasteiger partial charge < -0.3 is 14.8 Å². The first-order chi connectivity index (χ1) is 13.0. The minimum atomic E-state index is -0.665. The van der Waals surface area contributed by atoms with Gasteiger partial charge in [0.05, 0.1) is 6.04 Å². The Kier molecular flexibility index (Phi) is 7.55. The zero-order valence-corrected chi connectivity index (χ0v) is 15.4. The first kappa shape index (κ1) is 20.2. The Morgan fingerprint density at radius 2 is 1.63 bits per heavy atom. The molecule has 0 heterocycles. The summed E-state index contributed by atoms with van der Waals surface area (Å²) in [5.74, 6) is -0.772. The molecule has 0 fully saturated rings. The molecule has 6 nitrogen and oxygen atoms in total. The SMILES string of the molecule is CC(=O)[C@H](Cc1ccccc1)NC(=O)COC(=O)COc1ccccc1C. The fourth-order valence-corrected chi connectivity index (χ4v) is 2.42. The molecule has 6 heteroatoms. The second-order valence-corrected chi connectivity index (χ2v) is 6.14. The Labute approximate surface area is 158 Å². The monoisotopic (exact) mass is 369 g/mol. The lowest BCUT2D eigenvalue weighted by Crippen LogP contribution is -2.43. The molecule has 0 bridgehead atoms. The Hall–Kier alpha value is -3.15. The minimum absolute atomic E-state index is 0.165. The number of para-hydroxylation sites is 1. The molecule has 27 heavy (non-hydrogen) atoms. The molecule has 0 aromatic heterocycles. The summed E-state index contributed by atoms with van der Waals surface area (Å²) in [6.07, 6.45) is 0.381. The van der Waals surface area contributed by atoms with E-state index in [2.05, 4.69) is 5.32 Å². The second kappa shape index (κ2) is 10.1. The number of esters is 1. The first-order valence-electron chi connectivity index (χ1n) is 8.63. The molecular weight excluding hydrogens is 346 g/mol. The molecule has 2 aromatic rings. The van der Waals surface area contributed by atoms with Crippen LogP contribution in [-0.4, -0.2) is 36.9 Å². The van der Waals surface area contributed by atoms with Gasteiger partial charge in [-0.05, 0) is 37.5 Å². The highest BCUT2D eigenvalue weighted by molar-refractivity contribution is 5.88. The number of amides is 1. The lowest BCUT2D eigenvalue weighted by molar-refractivity contribution is -0.150. The van der Waals surface area contributed by atoms with Gasteiger partial charge in [0, 0.05) is 0 Å². The standard InChI is InChI=1S/C21H23NO5/c1-15-8-6-7-11-19(15)26-14-21(25)27-13-20(24)22-18(16(2)23)12-17-9-4-3-5-10-17/h3-11,18H,12-14H2,1-2H3,(H,22,24)/t18-/m0/s1. The molecule has 0 saturated carbocycles. The number of nitrogens with one attached hydrogen (secondary N) is 1. The summed E-state index contributed by atoms with van der Waals surface area (Å²) in [7, 11) is 0. The third-order valence-electron chi connectivity index (χ3n) is 3.91. The van der Waals surface area contributed by atoms with Gasteiger partial charge in [-0.2, -0.15) is 0 Å². The van der Waals surface area contributed by atoms with Gasteiger partial charge in [0.25, 0.3) is 5.91 Å². The van der Waals surface area contributed by atoms with Crippen LogP contribution in [0.2, 0.25) is 0 Å². The van der Waals surface area contributed by atoms with E-state index in [0.29, 0.717) is 12.2 Å². The number of ether oxygens (including phenoxy) is 2. The molecule has 0 spiro atoms. The molecule has 2 rings (SSSR count). The Morgan fingerprint density at radius 3 is 2.30 bits per heavy atom. The number of hydrogen-bond acceptors (Lipinski definition) is 5. The van der Waals surface area contributed by atoms with Crippen LogP contribution in [0.5, 0.6) is 5.75 Å². The van der Waals surface area contributed by atoms with Crippen LogP contribution < -0.4 is 10.1 Å². The van der Waals surface area contributed by atoms with Crippen LogP contribution in [0.25, 0.3) is 0 Å². The van der Waals surface area contributed by atoms with Gasteiger partial charge in [0.2, 0.25) is 0 Å². The number of carbonyl (C=O) groups is 3. The van der Waals surface area contributed by atoms with Crippen molar-refractivity contribution in [1.82, 2.24) is 5.32 Å². The maximum atomic E-state index is 12.0. The van der Waals surface area contributed by atoms with Crippen molar-refractivity contribution in [2.24, 2.45) is 0 Å². The fraction of sp³-hybridized carbons (Fsp3) is 0.286. The van der Waals surface area contributed by atoms with Crippen LogP contribution >= 0.6 is 0 Å². The van der Waals surface area contributed by atoms with E-state index in [1.165, 1.54) is 6.92 Å². The molecular formula is C21H23NO5. The third kappa shape index (κ3) is 6.93. The van der Waals surface area contributed by atoms with Crippen molar-refractivity contribution in [2.75, 3.05) is 13.2 Å². The molecule has 1 atom stereocenters. The number of Topliss-reactive ketones (excluding diaryl/α,β-unsaturated/α-hetero) is 1. The lowest BCUT2D eigenvalue weighted by Gasteiger charge is -2.16. The number of aryl methyl sites for hydroxylation is 1. The topological polar surface area (TPSA) is 81.7 Å². The summed E-state index contributed by atoms with van der Waals surface area (Å²) in [6, 6.07) is 16.0. The summed E-state index contributed by atoms with van der Waals surface area (Å²) in [4.78, 5) is 35.5. The molecule has 0 aliphatic rings. The number of benzene rings is 2. The molecule has 142 valence electrons. The van der Waals surface area contributed by atoms with Gasteiger partial charge in [-0.25, -0.2) is 4.79 Å². The highest BCUT2D eigenvalue weighted by Crippen LogP contribution is 2.15. The van der Waals surface area contributed by atoms with Gasteiger partial charge >= 0.3 is 5.97 Å². The quantitative estimate of drug-likeness (QED) is 0.686. The van der Waals surface area contributed by atoms with E-state index in [1.54, 1.807) is 12.1 Å². The summed E-state index contributed by atoms with van der Waals surface area (Å²) in [5, 5.41) is 2.60. The van der Waals surface area contributed by atoms with Crippen LogP contribution in [0.4, 0.5) is 0 Å². The molecule has 0 radical (unpaired) electrons. The highest BCUT2D eigenvalue weighted by Gasteiger charge is 2.18. The summed E-state index contributed by atoms with van der Waals surface area (Å²) in [6.45, 7) is 2.52. The number of ketones is 1. The van der Waals surface area contributed by atoms with Crippen LogP contribution in [0.15, 0.2) is 54.6 Å². The number of carbonyl (C=O) groups excluding carboxylic acids is 3. The van der Waals surface area contributed by atoms with Crippen LogP contribution in [0.3, 0.4) is 0 Å². The van der Waals surface area contributed by atoms with Crippen molar-refractivity contribution in [1.29, 1.82) is 0 Å². The van der Waals surface area contributed by atoms with Crippen molar-refractivity contribution in [3.05, 3.63) is 65.7 Å². The van der Waals surface area contributed by atoms with Crippen LogP contribution in [0.1, 0.15) is 18.1 Å². The fourth-order valence-electron chi connectivity index (χ4n) is 2.42. The Balaban J connectivity index is 1.77. The van der Waals surface area contributed by atoms with E-state index >= 15 is 0 Å². The zero-order chi connectivity index (χ0) is 19.6. The van der Waals surface area contributed by atoms with Gasteiger partial charge in [-0.15, -0.1) is 0 Å². The largest absolute Gasteiger partial charge is 0.482 e. The van der Waals surface area contributed by atoms with E-state index in [0.717, 1.165) is 11.1 Å². The summed E-state index contributed by atoms with van der Waals surface area (Å²) >= 11 is 0. The second-order valence-electron chi connectivity index (χ2n) is 6.14. The van der Waals surface area contributed by atoms with Crippen molar-refractivity contribution >= 4 is 17.7 Å². The lowest BCUT2D eigenvalue weighted by atomic mass is 10.0. The average molecular weight is 369 g/mol. The Morgan fingerprint density at radius 1 is 0.963 bits per heavy atom. The summed E-state index contributed by atoms with van der Waals surface area (Å²) in [5.41, 5.74) is 1.83. The van der Waals surface area contributed by atoms with Crippen LogP contribution in [-0.2, 0) is 25.5 Å².